The first-order chi connectivity index (χ1) is 7.58. The summed E-state index contributed by atoms with van der Waals surface area (Å²) in [6, 6.07) is 5.46. The van der Waals surface area contributed by atoms with Crippen LogP contribution in [-0.2, 0) is 6.54 Å². The third-order valence-corrected chi connectivity index (χ3v) is 4.90. The summed E-state index contributed by atoms with van der Waals surface area (Å²) in [6.07, 6.45) is 1.13. The van der Waals surface area contributed by atoms with Crippen LogP contribution in [0.15, 0.2) is 12.1 Å². The minimum Gasteiger partial charge on any atom is -0.327 e. The molecule has 2 heterocycles. The number of likely N-dealkylation sites (tertiary alicyclic amines) is 1. The third kappa shape index (κ3) is 2.47. The van der Waals surface area contributed by atoms with E-state index in [0.717, 1.165) is 19.5 Å². The van der Waals surface area contributed by atoms with Gasteiger partial charge in [0, 0.05) is 34.9 Å². The van der Waals surface area contributed by atoms with Crippen molar-refractivity contribution >= 4 is 11.3 Å². The maximum atomic E-state index is 6.10. The summed E-state index contributed by atoms with van der Waals surface area (Å²) in [5, 5.41) is 0. The Morgan fingerprint density at radius 3 is 2.81 bits per heavy atom. The molecule has 0 radical (unpaired) electrons. The molecule has 0 aromatic carbocycles. The minimum atomic E-state index is 0.385. The van der Waals surface area contributed by atoms with Gasteiger partial charge in [0.05, 0.1) is 0 Å². The summed E-state index contributed by atoms with van der Waals surface area (Å²) < 4.78 is 0. The molecule has 1 aliphatic heterocycles. The Morgan fingerprint density at radius 1 is 1.44 bits per heavy atom. The maximum absolute atomic E-state index is 6.10. The Hall–Kier alpha value is -0.380. The molecule has 1 aliphatic rings. The van der Waals surface area contributed by atoms with E-state index in [1.54, 1.807) is 0 Å². The van der Waals surface area contributed by atoms with Gasteiger partial charge in [-0.15, -0.1) is 11.3 Å². The van der Waals surface area contributed by atoms with Gasteiger partial charge < -0.3 is 5.73 Å². The van der Waals surface area contributed by atoms with E-state index in [9.17, 15) is 0 Å². The zero-order chi connectivity index (χ0) is 11.7. The summed E-state index contributed by atoms with van der Waals surface area (Å²) >= 11 is 1.91. The maximum Gasteiger partial charge on any atom is 0.0330 e. The van der Waals surface area contributed by atoms with Crippen LogP contribution in [0.25, 0.3) is 0 Å². The second-order valence-corrected chi connectivity index (χ2v) is 6.41. The highest BCUT2D eigenvalue weighted by Crippen LogP contribution is 2.26. The van der Waals surface area contributed by atoms with E-state index >= 15 is 0 Å². The highest BCUT2D eigenvalue weighted by Gasteiger charge is 2.30. The molecular formula is C13H22N2S. The lowest BCUT2D eigenvalue weighted by atomic mass is 9.88. The lowest BCUT2D eigenvalue weighted by Gasteiger charge is -2.41. The van der Waals surface area contributed by atoms with Gasteiger partial charge in [-0.2, -0.15) is 0 Å². The van der Waals surface area contributed by atoms with Gasteiger partial charge in [0.25, 0.3) is 0 Å². The van der Waals surface area contributed by atoms with Crippen LogP contribution < -0.4 is 5.73 Å². The summed E-state index contributed by atoms with van der Waals surface area (Å²) in [5.74, 6) is 0.606. The van der Waals surface area contributed by atoms with Gasteiger partial charge in [0.1, 0.15) is 0 Å². The molecule has 3 atom stereocenters. The molecule has 1 saturated heterocycles. The van der Waals surface area contributed by atoms with Crippen molar-refractivity contribution in [2.24, 2.45) is 11.7 Å². The first kappa shape index (κ1) is 12.1. The van der Waals surface area contributed by atoms with Crippen LogP contribution in [0.5, 0.6) is 0 Å². The Balaban J connectivity index is 2.00. The predicted octanol–water partition coefficient (Wildman–Crippen LogP) is 2.61. The van der Waals surface area contributed by atoms with Crippen LogP contribution in [0.4, 0.5) is 0 Å². The second-order valence-electron chi connectivity index (χ2n) is 5.04. The first-order valence-corrected chi connectivity index (χ1v) is 6.94. The van der Waals surface area contributed by atoms with Crippen molar-refractivity contribution in [3.8, 4) is 0 Å². The Bertz CT molecular complexity index is 347. The molecule has 0 amide bonds. The molecule has 90 valence electrons. The van der Waals surface area contributed by atoms with Crippen molar-refractivity contribution in [2.75, 3.05) is 6.54 Å². The highest BCUT2D eigenvalue weighted by atomic mass is 32.1. The molecule has 2 nitrogen and oxygen atoms in total. The van der Waals surface area contributed by atoms with Gasteiger partial charge in [0.15, 0.2) is 0 Å². The smallest absolute Gasteiger partial charge is 0.0330 e. The van der Waals surface area contributed by atoms with Crippen LogP contribution in [0.1, 0.15) is 30.0 Å². The number of hydrogen-bond donors (Lipinski definition) is 1. The van der Waals surface area contributed by atoms with E-state index in [1.807, 2.05) is 11.3 Å². The van der Waals surface area contributed by atoms with E-state index in [2.05, 4.69) is 37.8 Å². The first-order valence-electron chi connectivity index (χ1n) is 6.13. The van der Waals surface area contributed by atoms with E-state index in [0.29, 0.717) is 18.0 Å². The Labute approximate surface area is 102 Å². The average Bonchev–Trinajstić information content (AvgIpc) is 2.65. The molecule has 0 saturated carbocycles. The summed E-state index contributed by atoms with van der Waals surface area (Å²) in [4.78, 5) is 5.45. The molecule has 16 heavy (non-hydrogen) atoms. The summed E-state index contributed by atoms with van der Waals surface area (Å²) in [7, 11) is 0. The zero-order valence-corrected chi connectivity index (χ0v) is 11.3. The molecule has 3 unspecified atom stereocenters. The van der Waals surface area contributed by atoms with Crippen LogP contribution in [-0.4, -0.2) is 23.5 Å². The lowest BCUT2D eigenvalue weighted by molar-refractivity contribution is 0.0920. The van der Waals surface area contributed by atoms with Gasteiger partial charge in [-0.1, -0.05) is 6.92 Å². The van der Waals surface area contributed by atoms with Crippen molar-refractivity contribution in [1.29, 1.82) is 0 Å². The van der Waals surface area contributed by atoms with Crippen LogP contribution in [0.2, 0.25) is 0 Å². The number of hydrogen-bond acceptors (Lipinski definition) is 3. The molecule has 3 heteroatoms. The third-order valence-electron chi connectivity index (χ3n) is 3.92. The normalized spacial score (nSPS) is 31.9. The SMILES string of the molecule is Cc1ccc(CN2CCC(N)C(C)C2C)s1. The number of piperidine rings is 1. The van der Waals surface area contributed by atoms with Crippen molar-refractivity contribution in [3.05, 3.63) is 21.9 Å². The zero-order valence-electron chi connectivity index (χ0n) is 10.4. The lowest BCUT2D eigenvalue weighted by Crippen LogP contribution is -2.51. The van der Waals surface area contributed by atoms with E-state index in [-0.39, 0.29) is 0 Å². The summed E-state index contributed by atoms with van der Waals surface area (Å²) in [5.41, 5.74) is 6.10. The second kappa shape index (κ2) is 4.86. The largest absolute Gasteiger partial charge is 0.327 e. The quantitative estimate of drug-likeness (QED) is 0.858. The minimum absolute atomic E-state index is 0.385. The van der Waals surface area contributed by atoms with Crippen molar-refractivity contribution in [1.82, 2.24) is 4.90 Å². The fourth-order valence-corrected chi connectivity index (χ4v) is 3.38. The standard InChI is InChI=1S/C13H22N2S/c1-9-4-5-12(16-9)8-15-7-6-13(14)10(2)11(15)3/h4-5,10-11,13H,6-8,14H2,1-3H3. The number of rotatable bonds is 2. The molecule has 0 bridgehead atoms. The highest BCUT2D eigenvalue weighted by molar-refractivity contribution is 7.11. The number of thiophene rings is 1. The predicted molar refractivity (Wildman–Crippen MR) is 70.7 cm³/mol. The fourth-order valence-electron chi connectivity index (χ4n) is 2.47. The van der Waals surface area contributed by atoms with Crippen molar-refractivity contribution in [3.63, 3.8) is 0 Å². The van der Waals surface area contributed by atoms with Gasteiger partial charge in [-0.3, -0.25) is 4.90 Å². The van der Waals surface area contributed by atoms with Gasteiger partial charge in [-0.05, 0) is 38.3 Å². The number of nitrogens with two attached hydrogens (primary N) is 1. The van der Waals surface area contributed by atoms with E-state index in [4.69, 9.17) is 5.73 Å². The van der Waals surface area contributed by atoms with Gasteiger partial charge >= 0.3 is 0 Å². The molecular weight excluding hydrogens is 216 g/mol. The van der Waals surface area contributed by atoms with Crippen LogP contribution >= 0.6 is 11.3 Å². The molecule has 2 rings (SSSR count). The van der Waals surface area contributed by atoms with Crippen molar-refractivity contribution < 1.29 is 0 Å². The fraction of sp³-hybridized carbons (Fsp3) is 0.692. The average molecular weight is 238 g/mol. The molecule has 0 spiro atoms. The molecule has 2 N–H and O–H groups in total. The molecule has 0 aliphatic carbocycles. The van der Waals surface area contributed by atoms with E-state index < -0.39 is 0 Å². The number of aryl methyl sites for hydroxylation is 1. The monoisotopic (exact) mass is 238 g/mol. The van der Waals surface area contributed by atoms with E-state index in [1.165, 1.54) is 9.75 Å². The number of nitrogens with zero attached hydrogens (tertiary/aromatic N) is 1. The Morgan fingerprint density at radius 2 is 2.19 bits per heavy atom. The summed E-state index contributed by atoms with van der Waals surface area (Å²) in [6.45, 7) is 9.00. The van der Waals surface area contributed by atoms with Gasteiger partial charge in [0.2, 0.25) is 0 Å². The van der Waals surface area contributed by atoms with Gasteiger partial charge in [-0.25, -0.2) is 0 Å². The molecule has 1 aromatic heterocycles. The van der Waals surface area contributed by atoms with Crippen LogP contribution in [0.3, 0.4) is 0 Å². The van der Waals surface area contributed by atoms with Crippen molar-refractivity contribution in [2.45, 2.75) is 45.8 Å². The van der Waals surface area contributed by atoms with Crippen LogP contribution in [0, 0.1) is 12.8 Å². The topological polar surface area (TPSA) is 29.3 Å². The molecule has 1 aromatic rings. The molecule has 1 fully saturated rings. The Kier molecular flexibility index (Phi) is 3.67.